The molecular formula is C15H21N5O. The Kier molecular flexibility index (Phi) is 5.03. The van der Waals surface area contributed by atoms with E-state index in [0.29, 0.717) is 5.92 Å². The molecule has 6 heteroatoms. The van der Waals surface area contributed by atoms with Crippen LogP contribution in [0.3, 0.4) is 0 Å². The zero-order valence-corrected chi connectivity index (χ0v) is 12.7. The summed E-state index contributed by atoms with van der Waals surface area (Å²) in [7, 11) is 0. The molecule has 2 aromatic rings. The molecule has 0 aliphatic carbocycles. The van der Waals surface area contributed by atoms with Crippen LogP contribution in [0.5, 0.6) is 0 Å². The van der Waals surface area contributed by atoms with Crippen molar-refractivity contribution >= 4 is 5.91 Å². The third-order valence-corrected chi connectivity index (χ3v) is 3.43. The van der Waals surface area contributed by atoms with E-state index in [1.807, 2.05) is 0 Å². The number of hydrogen-bond acceptors (Lipinski definition) is 4. The minimum absolute atomic E-state index is 0.0140. The van der Waals surface area contributed by atoms with Gasteiger partial charge >= 0.3 is 0 Å². The van der Waals surface area contributed by atoms with E-state index in [1.165, 1.54) is 16.6 Å². The molecule has 2 rings (SSSR count). The van der Waals surface area contributed by atoms with Crippen LogP contribution in [0.4, 0.5) is 0 Å². The minimum Gasteiger partial charge on any atom is -0.347 e. The highest BCUT2D eigenvalue weighted by Gasteiger charge is 2.18. The van der Waals surface area contributed by atoms with Gasteiger partial charge in [-0.1, -0.05) is 45.0 Å². The molecule has 0 spiro atoms. The van der Waals surface area contributed by atoms with Gasteiger partial charge < -0.3 is 5.32 Å². The number of aromatic nitrogens is 4. The maximum atomic E-state index is 12.1. The smallest absolute Gasteiger partial charge is 0.242 e. The van der Waals surface area contributed by atoms with Crippen molar-refractivity contribution in [2.24, 2.45) is 5.92 Å². The average Bonchev–Trinajstić information content (AvgIpc) is 2.97. The first-order valence-corrected chi connectivity index (χ1v) is 7.19. The fourth-order valence-electron chi connectivity index (χ4n) is 2.21. The summed E-state index contributed by atoms with van der Waals surface area (Å²) >= 11 is 0. The maximum Gasteiger partial charge on any atom is 0.242 e. The molecule has 1 heterocycles. The van der Waals surface area contributed by atoms with Crippen LogP contribution in [0, 0.1) is 5.92 Å². The van der Waals surface area contributed by atoms with Crippen LogP contribution < -0.4 is 5.32 Å². The second-order valence-corrected chi connectivity index (χ2v) is 5.39. The lowest BCUT2D eigenvalue weighted by Crippen LogP contribution is -2.34. The first-order valence-electron chi connectivity index (χ1n) is 7.19. The van der Waals surface area contributed by atoms with Crippen LogP contribution in [-0.2, 0) is 17.8 Å². The summed E-state index contributed by atoms with van der Waals surface area (Å²) in [5.41, 5.74) is 2.41. The number of hydrogen-bond donors (Lipinski definition) is 1. The second kappa shape index (κ2) is 6.97. The van der Waals surface area contributed by atoms with Gasteiger partial charge in [0.05, 0.1) is 6.04 Å². The molecule has 21 heavy (non-hydrogen) atoms. The van der Waals surface area contributed by atoms with E-state index in [4.69, 9.17) is 0 Å². The van der Waals surface area contributed by atoms with Gasteiger partial charge in [-0.2, -0.15) is 0 Å². The number of carbonyl (C=O) groups excluding carboxylic acids is 1. The molecule has 1 aromatic heterocycles. The van der Waals surface area contributed by atoms with Crippen LogP contribution >= 0.6 is 0 Å². The van der Waals surface area contributed by atoms with E-state index in [9.17, 15) is 4.79 Å². The molecular weight excluding hydrogens is 266 g/mol. The van der Waals surface area contributed by atoms with E-state index in [1.54, 1.807) is 0 Å². The van der Waals surface area contributed by atoms with Crippen molar-refractivity contribution in [2.75, 3.05) is 0 Å². The molecule has 0 radical (unpaired) electrons. The highest BCUT2D eigenvalue weighted by Crippen LogP contribution is 2.22. The predicted octanol–water partition coefficient (Wildman–Crippen LogP) is 1.75. The van der Waals surface area contributed by atoms with Crippen molar-refractivity contribution in [3.63, 3.8) is 0 Å². The Morgan fingerprint density at radius 3 is 2.52 bits per heavy atom. The number of benzene rings is 1. The van der Waals surface area contributed by atoms with E-state index < -0.39 is 0 Å². The fraction of sp³-hybridized carbons (Fsp3) is 0.467. The van der Waals surface area contributed by atoms with Crippen LogP contribution in [0.2, 0.25) is 0 Å². The summed E-state index contributed by atoms with van der Waals surface area (Å²) in [5, 5.41) is 13.8. The molecule has 1 amide bonds. The maximum absolute atomic E-state index is 12.1. The lowest BCUT2D eigenvalue weighted by molar-refractivity contribution is -0.123. The number of amides is 1. The Hall–Kier alpha value is -2.24. The summed E-state index contributed by atoms with van der Waals surface area (Å²) in [4.78, 5) is 12.1. The van der Waals surface area contributed by atoms with Gasteiger partial charge in [0.15, 0.2) is 0 Å². The Balaban J connectivity index is 2.05. The van der Waals surface area contributed by atoms with Crippen molar-refractivity contribution < 1.29 is 4.79 Å². The SMILES string of the molecule is CCc1ccc(C(NC(=O)Cn2cnnn2)C(C)C)cc1. The molecule has 6 nitrogen and oxygen atoms in total. The molecule has 0 aliphatic heterocycles. The molecule has 1 unspecified atom stereocenters. The van der Waals surface area contributed by atoms with Crippen LogP contribution in [0.25, 0.3) is 0 Å². The van der Waals surface area contributed by atoms with Crippen molar-refractivity contribution in [3.05, 3.63) is 41.7 Å². The van der Waals surface area contributed by atoms with Gasteiger partial charge in [-0.25, -0.2) is 4.68 Å². The fourth-order valence-corrected chi connectivity index (χ4v) is 2.21. The van der Waals surface area contributed by atoms with Crippen LogP contribution in [0.15, 0.2) is 30.6 Å². The molecule has 0 saturated heterocycles. The molecule has 0 bridgehead atoms. The summed E-state index contributed by atoms with van der Waals surface area (Å²) in [6.07, 6.45) is 2.44. The second-order valence-electron chi connectivity index (χ2n) is 5.39. The zero-order chi connectivity index (χ0) is 15.2. The quantitative estimate of drug-likeness (QED) is 0.878. The molecule has 1 aromatic carbocycles. The van der Waals surface area contributed by atoms with E-state index in [2.05, 4.69) is 65.9 Å². The van der Waals surface area contributed by atoms with Crippen molar-refractivity contribution in [1.29, 1.82) is 0 Å². The Labute approximate surface area is 124 Å². The van der Waals surface area contributed by atoms with E-state index in [0.717, 1.165) is 12.0 Å². The molecule has 0 aliphatic rings. The normalized spacial score (nSPS) is 12.4. The summed E-state index contributed by atoms with van der Waals surface area (Å²) in [6.45, 7) is 6.44. The van der Waals surface area contributed by atoms with Crippen LogP contribution in [0.1, 0.15) is 37.9 Å². The Morgan fingerprint density at radius 1 is 1.29 bits per heavy atom. The number of nitrogens with zero attached hydrogens (tertiary/aromatic N) is 4. The number of aryl methyl sites for hydroxylation is 1. The minimum atomic E-state index is -0.0967. The molecule has 1 atom stereocenters. The third-order valence-electron chi connectivity index (χ3n) is 3.43. The average molecular weight is 287 g/mol. The highest BCUT2D eigenvalue weighted by atomic mass is 16.2. The number of rotatable bonds is 6. The predicted molar refractivity (Wildman–Crippen MR) is 79.4 cm³/mol. The third kappa shape index (κ3) is 4.11. The van der Waals surface area contributed by atoms with Crippen molar-refractivity contribution in [2.45, 2.75) is 39.8 Å². The molecule has 1 N–H and O–H groups in total. The van der Waals surface area contributed by atoms with Crippen molar-refractivity contribution in [1.82, 2.24) is 25.5 Å². The lowest BCUT2D eigenvalue weighted by atomic mass is 9.95. The van der Waals surface area contributed by atoms with Gasteiger partial charge in [-0.3, -0.25) is 4.79 Å². The standard InChI is InChI=1S/C15H21N5O/c1-4-12-5-7-13(8-6-12)15(11(2)3)17-14(21)9-20-10-16-18-19-20/h5-8,10-11,15H,4,9H2,1-3H3,(H,17,21). The molecule has 0 fully saturated rings. The first kappa shape index (κ1) is 15.2. The van der Waals surface area contributed by atoms with E-state index in [-0.39, 0.29) is 18.5 Å². The molecule has 112 valence electrons. The monoisotopic (exact) mass is 287 g/mol. The topological polar surface area (TPSA) is 72.7 Å². The highest BCUT2D eigenvalue weighted by molar-refractivity contribution is 5.76. The van der Waals surface area contributed by atoms with Crippen LogP contribution in [-0.4, -0.2) is 26.1 Å². The number of nitrogens with one attached hydrogen (secondary N) is 1. The number of tetrazole rings is 1. The van der Waals surface area contributed by atoms with Gasteiger partial charge in [-0.05, 0) is 33.9 Å². The zero-order valence-electron chi connectivity index (χ0n) is 12.7. The summed E-state index contributed by atoms with van der Waals surface area (Å²) in [6, 6.07) is 8.37. The van der Waals surface area contributed by atoms with Gasteiger partial charge in [0.2, 0.25) is 5.91 Å². The van der Waals surface area contributed by atoms with Crippen molar-refractivity contribution in [3.8, 4) is 0 Å². The first-order chi connectivity index (χ1) is 10.1. The summed E-state index contributed by atoms with van der Waals surface area (Å²) < 4.78 is 1.41. The lowest BCUT2D eigenvalue weighted by Gasteiger charge is -2.23. The largest absolute Gasteiger partial charge is 0.347 e. The van der Waals surface area contributed by atoms with Gasteiger partial charge in [0.1, 0.15) is 12.9 Å². The Bertz CT molecular complexity index is 562. The number of carbonyl (C=O) groups is 1. The van der Waals surface area contributed by atoms with E-state index >= 15 is 0 Å². The molecule has 0 saturated carbocycles. The Morgan fingerprint density at radius 2 is 2.00 bits per heavy atom. The summed E-state index contributed by atoms with van der Waals surface area (Å²) in [5.74, 6) is 0.205. The van der Waals surface area contributed by atoms with Gasteiger partial charge in [0.25, 0.3) is 0 Å². The van der Waals surface area contributed by atoms with Gasteiger partial charge in [-0.15, -0.1) is 5.10 Å². The van der Waals surface area contributed by atoms with Gasteiger partial charge in [0, 0.05) is 0 Å².